The van der Waals surface area contributed by atoms with Gasteiger partial charge in [0, 0.05) is 6.04 Å². The Morgan fingerprint density at radius 1 is 1.08 bits per heavy atom. The highest BCUT2D eigenvalue weighted by Gasteiger charge is 2.00. The third kappa shape index (κ3) is 6.62. The van der Waals surface area contributed by atoms with Crippen molar-refractivity contribution >= 4 is 0 Å². The lowest BCUT2D eigenvalue weighted by molar-refractivity contribution is 0.475. The van der Waals surface area contributed by atoms with Gasteiger partial charge in [0.25, 0.3) is 0 Å². The molecular formula is C10H24N2. The molecule has 12 heavy (non-hydrogen) atoms. The zero-order valence-corrected chi connectivity index (χ0v) is 8.82. The molecule has 2 N–H and O–H groups in total. The lowest BCUT2D eigenvalue weighted by Crippen LogP contribution is -2.23. The van der Waals surface area contributed by atoms with Crippen molar-refractivity contribution in [2.45, 2.75) is 45.1 Å². The van der Waals surface area contributed by atoms with Gasteiger partial charge in [0.2, 0.25) is 0 Å². The van der Waals surface area contributed by atoms with E-state index < -0.39 is 0 Å². The molecule has 0 aromatic heterocycles. The molecule has 2 nitrogen and oxygen atoms in total. The smallest absolute Gasteiger partial charge is 0.00614 e. The van der Waals surface area contributed by atoms with Crippen LogP contribution in [-0.2, 0) is 0 Å². The fourth-order valence-electron chi connectivity index (χ4n) is 1.42. The maximum atomic E-state index is 3.33. The Hall–Kier alpha value is -0.0800. The Morgan fingerprint density at radius 2 is 1.83 bits per heavy atom. The van der Waals surface area contributed by atoms with Crippen molar-refractivity contribution in [3.63, 3.8) is 0 Å². The highest BCUT2D eigenvalue weighted by Crippen LogP contribution is 2.05. The predicted molar refractivity (Wildman–Crippen MR) is 55.5 cm³/mol. The van der Waals surface area contributed by atoms with Crippen LogP contribution in [0.15, 0.2) is 0 Å². The largest absolute Gasteiger partial charge is 0.320 e. The summed E-state index contributed by atoms with van der Waals surface area (Å²) in [4.78, 5) is 0. The summed E-state index contributed by atoms with van der Waals surface area (Å²) in [5.74, 6) is 0. The van der Waals surface area contributed by atoms with Crippen LogP contribution >= 0.6 is 0 Å². The van der Waals surface area contributed by atoms with E-state index in [1.165, 1.54) is 32.1 Å². The first kappa shape index (κ1) is 11.9. The van der Waals surface area contributed by atoms with Gasteiger partial charge in [-0.1, -0.05) is 19.8 Å². The van der Waals surface area contributed by atoms with Gasteiger partial charge in [-0.15, -0.1) is 0 Å². The Labute approximate surface area is 77.1 Å². The van der Waals surface area contributed by atoms with E-state index in [0.717, 1.165) is 12.6 Å². The summed E-state index contributed by atoms with van der Waals surface area (Å²) in [6, 6.07) is 0.736. The first-order chi connectivity index (χ1) is 5.85. The average molecular weight is 172 g/mol. The van der Waals surface area contributed by atoms with Gasteiger partial charge in [0.1, 0.15) is 0 Å². The molecule has 2 heteroatoms. The van der Waals surface area contributed by atoms with Gasteiger partial charge in [-0.05, 0) is 39.9 Å². The minimum absolute atomic E-state index is 0.736. The second-order valence-corrected chi connectivity index (χ2v) is 3.35. The van der Waals surface area contributed by atoms with E-state index >= 15 is 0 Å². The van der Waals surface area contributed by atoms with Crippen molar-refractivity contribution in [2.75, 3.05) is 20.6 Å². The summed E-state index contributed by atoms with van der Waals surface area (Å²) >= 11 is 0. The molecule has 0 radical (unpaired) electrons. The number of hydrogen-bond acceptors (Lipinski definition) is 2. The lowest BCUT2D eigenvalue weighted by atomic mass is 10.1. The second-order valence-electron chi connectivity index (χ2n) is 3.35. The number of hydrogen-bond donors (Lipinski definition) is 2. The molecule has 0 aliphatic rings. The van der Waals surface area contributed by atoms with Crippen LogP contribution in [0.5, 0.6) is 0 Å². The number of rotatable bonds is 8. The van der Waals surface area contributed by atoms with Crippen molar-refractivity contribution in [1.82, 2.24) is 10.6 Å². The quantitative estimate of drug-likeness (QED) is 0.545. The highest BCUT2D eigenvalue weighted by molar-refractivity contribution is 4.61. The molecule has 0 aliphatic heterocycles. The monoisotopic (exact) mass is 172 g/mol. The average Bonchev–Trinajstić information content (AvgIpc) is 2.11. The Morgan fingerprint density at radius 3 is 2.33 bits per heavy atom. The van der Waals surface area contributed by atoms with Crippen molar-refractivity contribution in [3.8, 4) is 0 Å². The van der Waals surface area contributed by atoms with E-state index in [-0.39, 0.29) is 0 Å². The molecular weight excluding hydrogens is 148 g/mol. The number of nitrogens with one attached hydrogen (secondary N) is 2. The van der Waals surface area contributed by atoms with Crippen LogP contribution in [-0.4, -0.2) is 26.7 Å². The van der Waals surface area contributed by atoms with Crippen LogP contribution in [0.25, 0.3) is 0 Å². The molecule has 1 unspecified atom stereocenters. The topological polar surface area (TPSA) is 24.1 Å². The summed E-state index contributed by atoms with van der Waals surface area (Å²) in [7, 11) is 4.07. The molecule has 0 aromatic rings. The van der Waals surface area contributed by atoms with Crippen LogP contribution in [0, 0.1) is 0 Å². The molecule has 74 valence electrons. The standard InChI is InChI=1S/C10H24N2/c1-4-10(12-3)8-6-5-7-9-11-2/h10-12H,4-9H2,1-3H3. The Kier molecular flexibility index (Phi) is 8.95. The van der Waals surface area contributed by atoms with Gasteiger partial charge in [0.05, 0.1) is 0 Å². The van der Waals surface area contributed by atoms with Gasteiger partial charge in [-0.25, -0.2) is 0 Å². The van der Waals surface area contributed by atoms with Crippen molar-refractivity contribution in [2.24, 2.45) is 0 Å². The van der Waals surface area contributed by atoms with Gasteiger partial charge in [-0.2, -0.15) is 0 Å². The van der Waals surface area contributed by atoms with E-state index in [0.29, 0.717) is 0 Å². The fraction of sp³-hybridized carbons (Fsp3) is 1.00. The van der Waals surface area contributed by atoms with E-state index in [4.69, 9.17) is 0 Å². The molecule has 0 heterocycles. The third-order valence-electron chi connectivity index (χ3n) is 2.38. The zero-order valence-electron chi connectivity index (χ0n) is 8.82. The van der Waals surface area contributed by atoms with Crippen LogP contribution < -0.4 is 10.6 Å². The van der Waals surface area contributed by atoms with Gasteiger partial charge < -0.3 is 10.6 Å². The second kappa shape index (κ2) is 9.01. The molecule has 0 fully saturated rings. The molecule has 0 spiro atoms. The van der Waals surface area contributed by atoms with Gasteiger partial charge >= 0.3 is 0 Å². The summed E-state index contributed by atoms with van der Waals surface area (Å²) < 4.78 is 0. The Bertz CT molecular complexity index is 79.9. The molecule has 0 saturated carbocycles. The van der Waals surface area contributed by atoms with Crippen LogP contribution in [0.2, 0.25) is 0 Å². The van der Waals surface area contributed by atoms with Crippen LogP contribution in [0.4, 0.5) is 0 Å². The number of unbranched alkanes of at least 4 members (excludes halogenated alkanes) is 2. The summed E-state index contributed by atoms with van der Waals surface area (Å²) in [6.45, 7) is 3.41. The maximum absolute atomic E-state index is 3.33. The van der Waals surface area contributed by atoms with E-state index in [1.54, 1.807) is 0 Å². The summed E-state index contributed by atoms with van der Waals surface area (Å²) in [5.41, 5.74) is 0. The minimum atomic E-state index is 0.736. The molecule has 0 aliphatic carbocycles. The molecule has 0 bridgehead atoms. The SMILES string of the molecule is CCC(CCCCCNC)NC. The Balaban J connectivity index is 3.06. The maximum Gasteiger partial charge on any atom is 0.00614 e. The lowest BCUT2D eigenvalue weighted by Gasteiger charge is -2.12. The predicted octanol–water partition coefficient (Wildman–Crippen LogP) is 1.76. The fourth-order valence-corrected chi connectivity index (χ4v) is 1.42. The molecule has 0 saturated heterocycles. The first-order valence-electron chi connectivity index (χ1n) is 5.17. The molecule has 1 atom stereocenters. The zero-order chi connectivity index (χ0) is 9.23. The first-order valence-corrected chi connectivity index (χ1v) is 5.17. The van der Waals surface area contributed by atoms with Gasteiger partial charge in [0.15, 0.2) is 0 Å². The van der Waals surface area contributed by atoms with Crippen LogP contribution in [0.3, 0.4) is 0 Å². The van der Waals surface area contributed by atoms with E-state index in [1.807, 2.05) is 7.05 Å². The van der Waals surface area contributed by atoms with E-state index in [2.05, 4.69) is 24.6 Å². The van der Waals surface area contributed by atoms with Crippen molar-refractivity contribution in [1.29, 1.82) is 0 Å². The van der Waals surface area contributed by atoms with Crippen LogP contribution in [0.1, 0.15) is 39.0 Å². The third-order valence-corrected chi connectivity index (χ3v) is 2.38. The normalized spacial score (nSPS) is 13.2. The van der Waals surface area contributed by atoms with Crippen molar-refractivity contribution in [3.05, 3.63) is 0 Å². The highest BCUT2D eigenvalue weighted by atomic mass is 14.9. The summed E-state index contributed by atoms with van der Waals surface area (Å²) in [6.07, 6.45) is 6.62. The molecule has 0 rings (SSSR count). The minimum Gasteiger partial charge on any atom is -0.320 e. The van der Waals surface area contributed by atoms with E-state index in [9.17, 15) is 0 Å². The molecule has 0 amide bonds. The van der Waals surface area contributed by atoms with Gasteiger partial charge in [-0.3, -0.25) is 0 Å². The van der Waals surface area contributed by atoms with Crippen molar-refractivity contribution < 1.29 is 0 Å². The molecule has 0 aromatic carbocycles. The summed E-state index contributed by atoms with van der Waals surface area (Å²) in [5, 5.41) is 6.50.